The number of carbonyl (C=O) groups excluding carboxylic acids is 2. The van der Waals surface area contributed by atoms with Gasteiger partial charge in [0.05, 0.1) is 24.4 Å². The van der Waals surface area contributed by atoms with Crippen molar-refractivity contribution in [3.05, 3.63) is 23.8 Å². The van der Waals surface area contributed by atoms with Crippen molar-refractivity contribution in [1.29, 1.82) is 0 Å². The quantitative estimate of drug-likeness (QED) is 0.361. The topological polar surface area (TPSA) is 125 Å². The van der Waals surface area contributed by atoms with Crippen LogP contribution < -0.4 is 5.32 Å². The predicted octanol–water partition coefficient (Wildman–Crippen LogP) is 0.697. The van der Waals surface area contributed by atoms with E-state index in [-0.39, 0.29) is 54.1 Å². The number of carbonyl (C=O) groups is 2. The number of amides is 1. The number of aliphatic hydroxyl groups is 3. The molecule has 0 aromatic heterocycles. The summed E-state index contributed by atoms with van der Waals surface area (Å²) in [6, 6.07) is -0.354. The zero-order valence-corrected chi connectivity index (χ0v) is 19.3. The molecule has 32 heavy (non-hydrogen) atoms. The highest BCUT2D eigenvalue weighted by Crippen LogP contribution is 2.60. The third-order valence-electron chi connectivity index (χ3n) is 8.06. The van der Waals surface area contributed by atoms with E-state index >= 15 is 0 Å². The van der Waals surface area contributed by atoms with Crippen molar-refractivity contribution in [3.63, 3.8) is 0 Å². The molecule has 0 radical (unpaired) electrons. The largest absolute Gasteiger partial charge is 0.457 e. The van der Waals surface area contributed by atoms with Gasteiger partial charge in [-0.15, -0.1) is 0 Å². The second-order valence-corrected chi connectivity index (χ2v) is 10.1. The minimum Gasteiger partial charge on any atom is -0.457 e. The van der Waals surface area contributed by atoms with Gasteiger partial charge in [0, 0.05) is 36.5 Å². The van der Waals surface area contributed by atoms with Crippen molar-refractivity contribution in [1.82, 2.24) is 5.32 Å². The lowest BCUT2D eigenvalue weighted by Crippen LogP contribution is -2.59. The smallest absolute Gasteiger partial charge is 0.335 e. The predicted molar refractivity (Wildman–Crippen MR) is 115 cm³/mol. The number of aliphatic hydroxyl groups excluding tert-OH is 3. The van der Waals surface area contributed by atoms with E-state index in [0.717, 1.165) is 5.57 Å². The van der Waals surface area contributed by atoms with E-state index in [1.165, 1.54) is 6.92 Å². The number of hydrogen-bond acceptors (Lipinski definition) is 7. The molecule has 4 bridgehead atoms. The van der Waals surface area contributed by atoms with E-state index in [2.05, 4.69) is 5.32 Å². The van der Waals surface area contributed by atoms with Gasteiger partial charge in [-0.3, -0.25) is 4.79 Å². The molecule has 2 heterocycles. The summed E-state index contributed by atoms with van der Waals surface area (Å²) >= 11 is 0. The number of rotatable bonds is 2. The molecular weight excluding hydrogens is 414 g/mol. The van der Waals surface area contributed by atoms with Gasteiger partial charge in [-0.05, 0) is 25.8 Å². The monoisotopic (exact) mass is 449 g/mol. The van der Waals surface area contributed by atoms with Crippen LogP contribution in [0, 0.1) is 29.6 Å². The molecule has 0 aromatic rings. The summed E-state index contributed by atoms with van der Waals surface area (Å²) in [5, 5.41) is 35.3. The maximum Gasteiger partial charge on any atom is 0.335 e. The van der Waals surface area contributed by atoms with E-state index < -0.39 is 36.0 Å². The molecule has 2 aliphatic heterocycles. The molecule has 4 aliphatic rings. The number of ether oxygens (including phenoxy) is 2. The SMILES string of the molecule is CC(=O)N[C@H]1[C@H](C)[C@@H](O)[C@@H]2[C@H]3C=C[C@@H]4C[C@H](O)C(=O)O[C@H]([C@@H](C)O)[C@H](C)/C=C(\C)[C@@]24O[C@H]31. The summed E-state index contributed by atoms with van der Waals surface area (Å²) in [6.45, 7) is 8.72. The van der Waals surface area contributed by atoms with Crippen LogP contribution in [0.4, 0.5) is 0 Å². The Kier molecular flexibility index (Phi) is 6.03. The fraction of sp³-hybridized carbons (Fsp3) is 0.750. The standard InChI is InChI=1S/C24H35NO7/c1-10-8-11(2)24-15(9-17(28)23(30)31-21(10)13(4)26)6-7-16-18(24)20(29)12(3)19(22(16)32-24)25-14(5)27/h6-8,10,12-13,15-22,26,28-29H,9H2,1-5H3,(H,25,27)/b11-8+/t10-,12+,13-,15-,16-,17+,18+,19+,20-,21+,22-,24+/m1/s1. The molecule has 1 amide bonds. The van der Waals surface area contributed by atoms with Gasteiger partial charge in [-0.25, -0.2) is 4.79 Å². The van der Waals surface area contributed by atoms with Crippen LogP contribution in [0.1, 0.15) is 41.0 Å². The summed E-state index contributed by atoms with van der Waals surface area (Å²) in [6.07, 6.45) is 1.81. The van der Waals surface area contributed by atoms with Gasteiger partial charge in [-0.1, -0.05) is 32.1 Å². The number of cyclic esters (lactones) is 1. The molecule has 12 atom stereocenters. The molecule has 4 N–H and O–H groups in total. The Labute approximate surface area is 188 Å². The average molecular weight is 450 g/mol. The normalized spacial score (nSPS) is 50.5. The summed E-state index contributed by atoms with van der Waals surface area (Å²) in [5.41, 5.74) is -0.0523. The van der Waals surface area contributed by atoms with Crippen molar-refractivity contribution in [2.24, 2.45) is 29.6 Å². The first-order valence-electron chi connectivity index (χ1n) is 11.6. The molecule has 1 saturated heterocycles. The van der Waals surface area contributed by atoms with Crippen LogP contribution in [-0.2, 0) is 19.1 Å². The van der Waals surface area contributed by atoms with Gasteiger partial charge in [0.15, 0.2) is 6.10 Å². The summed E-state index contributed by atoms with van der Waals surface area (Å²) in [4.78, 5) is 24.5. The Morgan fingerprint density at radius 3 is 2.59 bits per heavy atom. The van der Waals surface area contributed by atoms with Crippen LogP contribution in [0.2, 0.25) is 0 Å². The summed E-state index contributed by atoms with van der Waals surface area (Å²) < 4.78 is 12.3. The lowest BCUT2D eigenvalue weighted by molar-refractivity contribution is -0.170. The number of esters is 1. The Morgan fingerprint density at radius 1 is 1.28 bits per heavy atom. The summed E-state index contributed by atoms with van der Waals surface area (Å²) in [7, 11) is 0. The maximum atomic E-state index is 12.6. The molecule has 2 fully saturated rings. The van der Waals surface area contributed by atoms with E-state index in [9.17, 15) is 24.9 Å². The Hall–Kier alpha value is -1.74. The lowest BCUT2D eigenvalue weighted by atomic mass is 9.57. The van der Waals surface area contributed by atoms with Crippen LogP contribution in [-0.4, -0.2) is 69.4 Å². The number of hydrogen-bond donors (Lipinski definition) is 4. The molecule has 178 valence electrons. The fourth-order valence-corrected chi connectivity index (χ4v) is 6.64. The van der Waals surface area contributed by atoms with Gasteiger partial charge in [0.25, 0.3) is 0 Å². The zero-order chi connectivity index (χ0) is 23.5. The van der Waals surface area contributed by atoms with Crippen LogP contribution in [0.3, 0.4) is 0 Å². The molecule has 0 aromatic carbocycles. The molecular formula is C24H35NO7. The first-order chi connectivity index (χ1) is 15.0. The first-order valence-corrected chi connectivity index (χ1v) is 11.6. The van der Waals surface area contributed by atoms with Crippen LogP contribution in [0.25, 0.3) is 0 Å². The molecule has 1 saturated carbocycles. The highest BCUT2D eigenvalue weighted by Gasteiger charge is 2.68. The van der Waals surface area contributed by atoms with Gasteiger partial charge >= 0.3 is 5.97 Å². The van der Waals surface area contributed by atoms with Gasteiger partial charge in [-0.2, -0.15) is 0 Å². The van der Waals surface area contributed by atoms with Crippen LogP contribution >= 0.6 is 0 Å². The van der Waals surface area contributed by atoms with Crippen LogP contribution in [0.15, 0.2) is 23.8 Å². The van der Waals surface area contributed by atoms with Crippen molar-refractivity contribution in [3.8, 4) is 0 Å². The molecule has 2 aliphatic carbocycles. The molecule has 0 unspecified atom stereocenters. The van der Waals surface area contributed by atoms with E-state index in [1.54, 1.807) is 6.92 Å². The molecule has 8 heteroatoms. The fourth-order valence-electron chi connectivity index (χ4n) is 6.64. The van der Waals surface area contributed by atoms with Crippen molar-refractivity contribution < 1.29 is 34.4 Å². The maximum absolute atomic E-state index is 12.6. The second kappa shape index (κ2) is 8.24. The van der Waals surface area contributed by atoms with Gasteiger partial charge < -0.3 is 30.1 Å². The molecule has 1 spiro atoms. The Bertz CT molecular complexity index is 838. The second-order valence-electron chi connectivity index (χ2n) is 10.1. The molecule has 4 rings (SSSR count). The van der Waals surface area contributed by atoms with Gasteiger partial charge in [0.1, 0.15) is 11.7 Å². The summed E-state index contributed by atoms with van der Waals surface area (Å²) in [5.74, 6) is -2.26. The first kappa shape index (κ1) is 23.4. The zero-order valence-electron chi connectivity index (χ0n) is 19.3. The lowest BCUT2D eigenvalue weighted by Gasteiger charge is -2.49. The van der Waals surface area contributed by atoms with Gasteiger partial charge in [0.2, 0.25) is 5.91 Å². The van der Waals surface area contributed by atoms with E-state index in [4.69, 9.17) is 9.47 Å². The minimum absolute atomic E-state index is 0.0727. The van der Waals surface area contributed by atoms with E-state index in [1.807, 2.05) is 39.0 Å². The molecule has 8 nitrogen and oxygen atoms in total. The van der Waals surface area contributed by atoms with E-state index in [0.29, 0.717) is 0 Å². The van der Waals surface area contributed by atoms with Crippen molar-refractivity contribution >= 4 is 11.9 Å². The van der Waals surface area contributed by atoms with Crippen LogP contribution in [0.5, 0.6) is 0 Å². The number of nitrogens with one attached hydrogen (secondary N) is 1. The van der Waals surface area contributed by atoms with Crippen molar-refractivity contribution in [2.45, 2.75) is 83.2 Å². The highest BCUT2D eigenvalue weighted by molar-refractivity contribution is 5.75. The average Bonchev–Trinajstić information content (AvgIpc) is 2.91. The Morgan fingerprint density at radius 2 is 1.97 bits per heavy atom. The third-order valence-corrected chi connectivity index (χ3v) is 8.06. The van der Waals surface area contributed by atoms with Crippen molar-refractivity contribution in [2.75, 3.05) is 0 Å². The third kappa shape index (κ3) is 3.43. The minimum atomic E-state index is -1.39. The highest BCUT2D eigenvalue weighted by atomic mass is 16.6. The Balaban J connectivity index is 1.84.